The Hall–Kier alpha value is -3.71. The number of hydrogen-bond acceptors (Lipinski definition) is 5. The largest absolute Gasteiger partial charge is 0.506 e. The Kier molecular flexibility index (Phi) is 8.68. The smallest absolute Gasteiger partial charge is 0.271 e. The number of phenolic OH excluding ortho intramolecular Hbond substituents is 1. The number of rotatable bonds is 10. The lowest BCUT2D eigenvalue weighted by Crippen LogP contribution is -2.25. The van der Waals surface area contributed by atoms with Gasteiger partial charge in [-0.2, -0.15) is 5.10 Å². The molecule has 184 valence electrons. The summed E-state index contributed by atoms with van der Waals surface area (Å²) in [6.07, 6.45) is 2.33. The Labute approximate surface area is 215 Å². The van der Waals surface area contributed by atoms with Crippen molar-refractivity contribution in [1.29, 1.82) is 0 Å². The van der Waals surface area contributed by atoms with Crippen molar-refractivity contribution < 1.29 is 15.0 Å². The van der Waals surface area contributed by atoms with E-state index in [1.165, 1.54) is 29.3 Å². The molecular formula is C29H28ClN3O3. The maximum Gasteiger partial charge on any atom is 0.271 e. The zero-order valence-electron chi connectivity index (χ0n) is 19.8. The van der Waals surface area contributed by atoms with E-state index in [0.29, 0.717) is 12.0 Å². The van der Waals surface area contributed by atoms with Crippen LogP contribution in [0.2, 0.25) is 5.02 Å². The maximum absolute atomic E-state index is 12.4. The summed E-state index contributed by atoms with van der Waals surface area (Å²) >= 11 is 5.89. The molecule has 7 heteroatoms. The van der Waals surface area contributed by atoms with Gasteiger partial charge in [0.15, 0.2) is 0 Å². The van der Waals surface area contributed by atoms with Crippen molar-refractivity contribution in [2.75, 3.05) is 13.2 Å². The summed E-state index contributed by atoms with van der Waals surface area (Å²) in [5.41, 5.74) is 6.11. The van der Waals surface area contributed by atoms with Crippen molar-refractivity contribution >= 4 is 34.5 Å². The number of halogens is 1. The quantitative estimate of drug-likeness (QED) is 0.202. The molecule has 0 aromatic heterocycles. The summed E-state index contributed by atoms with van der Waals surface area (Å²) in [5, 5.41) is 25.3. The fourth-order valence-corrected chi connectivity index (χ4v) is 4.28. The number of benzene rings is 4. The van der Waals surface area contributed by atoms with Gasteiger partial charge in [-0.1, -0.05) is 78.3 Å². The molecule has 0 radical (unpaired) electrons. The molecule has 0 aliphatic heterocycles. The third kappa shape index (κ3) is 6.49. The lowest BCUT2D eigenvalue weighted by Gasteiger charge is -2.23. The molecule has 4 rings (SSSR count). The molecule has 0 aliphatic rings. The van der Waals surface area contributed by atoms with Crippen molar-refractivity contribution in [1.82, 2.24) is 10.3 Å². The number of aliphatic hydroxyl groups excluding tert-OH is 1. The number of phenols is 1. The van der Waals surface area contributed by atoms with Crippen LogP contribution in [0.1, 0.15) is 33.5 Å². The summed E-state index contributed by atoms with van der Waals surface area (Å²) in [4.78, 5) is 14.7. The zero-order chi connectivity index (χ0) is 25.3. The van der Waals surface area contributed by atoms with Crippen LogP contribution < -0.4 is 5.43 Å². The van der Waals surface area contributed by atoms with Gasteiger partial charge in [-0.25, -0.2) is 5.43 Å². The van der Waals surface area contributed by atoms with E-state index < -0.39 is 5.91 Å². The second kappa shape index (κ2) is 12.3. The Morgan fingerprint density at radius 2 is 1.69 bits per heavy atom. The van der Waals surface area contributed by atoms with E-state index >= 15 is 0 Å². The lowest BCUT2D eigenvalue weighted by molar-refractivity contribution is 0.0955. The van der Waals surface area contributed by atoms with E-state index in [1.807, 2.05) is 42.5 Å². The number of hydrazone groups is 1. The maximum atomic E-state index is 12.4. The molecule has 0 unspecified atom stereocenters. The molecule has 4 aromatic rings. The molecular weight excluding hydrogens is 474 g/mol. The molecule has 0 heterocycles. The monoisotopic (exact) mass is 501 g/mol. The van der Waals surface area contributed by atoms with Crippen LogP contribution in [0.25, 0.3) is 10.8 Å². The Balaban J connectivity index is 1.53. The average Bonchev–Trinajstić information content (AvgIpc) is 2.90. The standard InChI is InChI=1S/C29H28ClN3O3/c30-27-17-22(13-14-28(27)35)29(36)32-31-18-23-11-12-24(26-10-5-4-9-25(23)26)20-33(15-6-16-34)19-21-7-2-1-3-8-21/h1-5,7-14,17-18,34-35H,6,15-16,19-20H2,(H,32,36)/b31-18+. The molecule has 4 aromatic carbocycles. The van der Waals surface area contributed by atoms with Gasteiger partial charge in [0.1, 0.15) is 5.75 Å². The van der Waals surface area contributed by atoms with Crippen molar-refractivity contribution in [2.45, 2.75) is 19.5 Å². The van der Waals surface area contributed by atoms with Crippen LogP contribution in [0.5, 0.6) is 5.75 Å². The number of aromatic hydroxyl groups is 1. The van der Waals surface area contributed by atoms with Gasteiger partial charge in [0.25, 0.3) is 5.91 Å². The number of nitrogens with zero attached hydrogens (tertiary/aromatic N) is 2. The van der Waals surface area contributed by atoms with Crippen molar-refractivity contribution in [3.05, 3.63) is 112 Å². The number of hydrogen-bond donors (Lipinski definition) is 3. The highest BCUT2D eigenvalue weighted by Gasteiger charge is 2.12. The van der Waals surface area contributed by atoms with Gasteiger partial charge in [-0.3, -0.25) is 9.69 Å². The summed E-state index contributed by atoms with van der Waals surface area (Å²) in [5.74, 6) is -0.503. The normalized spacial score (nSPS) is 11.4. The number of carbonyl (C=O) groups is 1. The van der Waals surface area contributed by atoms with Gasteiger partial charge in [0, 0.05) is 37.4 Å². The van der Waals surface area contributed by atoms with Crippen LogP contribution in [-0.2, 0) is 13.1 Å². The number of fused-ring (bicyclic) bond motifs is 1. The summed E-state index contributed by atoms with van der Waals surface area (Å²) in [7, 11) is 0. The predicted molar refractivity (Wildman–Crippen MR) is 144 cm³/mol. The molecule has 0 aliphatic carbocycles. The molecule has 1 amide bonds. The van der Waals surface area contributed by atoms with Gasteiger partial charge >= 0.3 is 0 Å². The fourth-order valence-electron chi connectivity index (χ4n) is 4.10. The van der Waals surface area contributed by atoms with Gasteiger partial charge in [0.05, 0.1) is 11.2 Å². The van der Waals surface area contributed by atoms with Crippen LogP contribution in [-0.4, -0.2) is 40.4 Å². The molecule has 0 bridgehead atoms. The number of carbonyl (C=O) groups excluding carboxylic acids is 1. The number of aliphatic hydroxyl groups is 1. The molecule has 0 fully saturated rings. The van der Waals surface area contributed by atoms with E-state index in [4.69, 9.17) is 11.6 Å². The van der Waals surface area contributed by atoms with Gasteiger partial charge in [-0.15, -0.1) is 0 Å². The highest BCUT2D eigenvalue weighted by atomic mass is 35.5. The number of amides is 1. The zero-order valence-corrected chi connectivity index (χ0v) is 20.5. The number of nitrogens with one attached hydrogen (secondary N) is 1. The molecule has 36 heavy (non-hydrogen) atoms. The second-order valence-corrected chi connectivity index (χ2v) is 8.91. The van der Waals surface area contributed by atoms with Gasteiger partial charge in [-0.05, 0) is 46.5 Å². The summed E-state index contributed by atoms with van der Waals surface area (Å²) in [6.45, 7) is 2.48. The van der Waals surface area contributed by atoms with E-state index in [2.05, 4.69) is 39.7 Å². The predicted octanol–water partition coefficient (Wildman–Crippen LogP) is 5.35. The first-order chi connectivity index (χ1) is 17.5. The van der Waals surface area contributed by atoms with E-state index in [-0.39, 0.29) is 17.4 Å². The first-order valence-electron chi connectivity index (χ1n) is 11.7. The molecule has 0 spiro atoms. The van der Waals surface area contributed by atoms with Gasteiger partial charge < -0.3 is 10.2 Å². The van der Waals surface area contributed by atoms with Crippen LogP contribution in [0.4, 0.5) is 0 Å². The van der Waals surface area contributed by atoms with Crippen molar-refractivity contribution in [3.8, 4) is 5.75 Å². The highest BCUT2D eigenvalue weighted by molar-refractivity contribution is 6.32. The van der Waals surface area contributed by atoms with Crippen molar-refractivity contribution in [2.24, 2.45) is 5.10 Å². The van der Waals surface area contributed by atoms with E-state index in [9.17, 15) is 15.0 Å². The molecule has 0 atom stereocenters. The minimum absolute atomic E-state index is 0.0815. The first-order valence-corrected chi connectivity index (χ1v) is 12.1. The van der Waals surface area contributed by atoms with E-state index in [0.717, 1.165) is 36.0 Å². The fraction of sp³-hybridized carbons (Fsp3) is 0.172. The highest BCUT2D eigenvalue weighted by Crippen LogP contribution is 2.25. The first kappa shape index (κ1) is 25.4. The van der Waals surface area contributed by atoms with E-state index in [1.54, 1.807) is 6.21 Å². The van der Waals surface area contributed by atoms with Gasteiger partial charge in [0.2, 0.25) is 0 Å². The Bertz CT molecular complexity index is 1360. The third-order valence-electron chi connectivity index (χ3n) is 5.90. The summed E-state index contributed by atoms with van der Waals surface area (Å²) < 4.78 is 0. The van der Waals surface area contributed by atoms with Crippen LogP contribution >= 0.6 is 11.6 Å². The van der Waals surface area contributed by atoms with Crippen LogP contribution in [0.15, 0.2) is 90.0 Å². The minimum Gasteiger partial charge on any atom is -0.506 e. The third-order valence-corrected chi connectivity index (χ3v) is 6.21. The average molecular weight is 502 g/mol. The topological polar surface area (TPSA) is 85.2 Å². The van der Waals surface area contributed by atoms with Crippen LogP contribution in [0.3, 0.4) is 0 Å². The second-order valence-electron chi connectivity index (χ2n) is 8.50. The summed E-state index contributed by atoms with van der Waals surface area (Å²) in [6, 6.07) is 26.8. The Morgan fingerprint density at radius 3 is 2.44 bits per heavy atom. The molecule has 0 saturated carbocycles. The molecule has 3 N–H and O–H groups in total. The minimum atomic E-state index is -0.422. The van der Waals surface area contributed by atoms with Crippen molar-refractivity contribution in [3.63, 3.8) is 0 Å². The Morgan fingerprint density at radius 1 is 0.944 bits per heavy atom. The van der Waals surface area contributed by atoms with Crippen LogP contribution in [0, 0.1) is 0 Å². The molecule has 0 saturated heterocycles. The SMILES string of the molecule is O=C(N/N=C/c1ccc(CN(CCCO)Cc2ccccc2)c2ccccc12)c1ccc(O)c(Cl)c1. The molecule has 6 nitrogen and oxygen atoms in total. The lowest BCUT2D eigenvalue weighted by atomic mass is 9.99.